The van der Waals surface area contributed by atoms with Crippen molar-refractivity contribution < 1.29 is 19.0 Å². The lowest BCUT2D eigenvalue weighted by atomic mass is 9.73. The van der Waals surface area contributed by atoms with E-state index in [0.717, 1.165) is 56.1 Å². The van der Waals surface area contributed by atoms with Gasteiger partial charge in [-0.15, -0.1) is 0 Å². The number of hydrogen-bond acceptors (Lipinski definition) is 5. The SMILES string of the molecule is CCCCc1cnc2c(c1)[C@@H](NC[C@H](O)[C@H](Cc1ccc(F)cc1)NC(C)=O)CC1(CCC1)O2. The first-order valence-corrected chi connectivity index (χ1v) is 12.5. The number of aromatic nitrogens is 1. The van der Waals surface area contributed by atoms with E-state index >= 15 is 0 Å². The van der Waals surface area contributed by atoms with Gasteiger partial charge in [-0.2, -0.15) is 0 Å². The van der Waals surface area contributed by atoms with Crippen molar-refractivity contribution in [3.63, 3.8) is 0 Å². The molecule has 2 aromatic rings. The zero-order chi connectivity index (χ0) is 24.1. The van der Waals surface area contributed by atoms with Gasteiger partial charge in [0.15, 0.2) is 0 Å². The van der Waals surface area contributed by atoms with Crippen LogP contribution in [0.3, 0.4) is 0 Å². The number of amides is 1. The summed E-state index contributed by atoms with van der Waals surface area (Å²) in [6, 6.07) is 7.89. The van der Waals surface area contributed by atoms with Crippen LogP contribution in [0.1, 0.15) is 75.1 Å². The number of aryl methyl sites for hydroxylation is 1. The Balaban J connectivity index is 1.47. The highest BCUT2D eigenvalue weighted by molar-refractivity contribution is 5.73. The van der Waals surface area contributed by atoms with Crippen molar-refractivity contribution in [1.29, 1.82) is 0 Å². The minimum Gasteiger partial charge on any atom is -0.471 e. The third kappa shape index (κ3) is 5.94. The standard InChI is InChI=1S/C27H36FN3O3/c1-3-4-6-20-13-22-24(15-27(11-5-12-27)34-26(22)30-16-20)29-17-25(33)23(31-18(2)32)14-19-7-9-21(28)10-8-19/h7-10,13,16,23-25,29,33H,3-6,11-12,14-15,17H2,1-2H3,(H,31,32)/t23-,24-,25-/m0/s1. The van der Waals surface area contributed by atoms with Gasteiger partial charge in [0, 0.05) is 37.7 Å². The molecule has 1 saturated carbocycles. The molecule has 34 heavy (non-hydrogen) atoms. The second-order valence-electron chi connectivity index (χ2n) is 9.85. The molecule has 1 aromatic heterocycles. The molecule has 1 aromatic carbocycles. The number of pyridine rings is 1. The summed E-state index contributed by atoms with van der Waals surface area (Å²) in [6.45, 7) is 3.93. The van der Waals surface area contributed by atoms with Crippen molar-refractivity contribution in [2.75, 3.05) is 6.54 Å². The summed E-state index contributed by atoms with van der Waals surface area (Å²) in [5.74, 6) is 0.181. The van der Waals surface area contributed by atoms with Crippen LogP contribution in [0.5, 0.6) is 5.88 Å². The highest BCUT2D eigenvalue weighted by Gasteiger charge is 2.46. The summed E-state index contributed by atoms with van der Waals surface area (Å²) in [4.78, 5) is 16.5. The lowest BCUT2D eigenvalue weighted by molar-refractivity contribution is -0.120. The van der Waals surface area contributed by atoms with Crippen molar-refractivity contribution in [3.05, 3.63) is 59.0 Å². The Labute approximate surface area is 201 Å². The molecule has 0 saturated heterocycles. The number of benzene rings is 1. The average molecular weight is 470 g/mol. The van der Waals surface area contributed by atoms with Crippen molar-refractivity contribution in [3.8, 4) is 5.88 Å². The van der Waals surface area contributed by atoms with Crippen LogP contribution in [0, 0.1) is 5.82 Å². The monoisotopic (exact) mass is 469 g/mol. The number of unbranched alkanes of at least 4 members (excludes halogenated alkanes) is 1. The molecule has 1 spiro atoms. The van der Waals surface area contributed by atoms with E-state index in [4.69, 9.17) is 4.74 Å². The number of nitrogens with zero attached hydrogens (tertiary/aromatic N) is 1. The maximum absolute atomic E-state index is 13.3. The quantitative estimate of drug-likeness (QED) is 0.490. The van der Waals surface area contributed by atoms with Gasteiger partial charge in [0.05, 0.1) is 12.1 Å². The molecule has 7 heteroatoms. The van der Waals surface area contributed by atoms with Gasteiger partial charge in [0.25, 0.3) is 0 Å². The Morgan fingerprint density at radius 2 is 2.06 bits per heavy atom. The number of aliphatic hydroxyl groups is 1. The van der Waals surface area contributed by atoms with Crippen LogP contribution in [0.25, 0.3) is 0 Å². The lowest BCUT2D eigenvalue weighted by Gasteiger charge is -2.47. The Morgan fingerprint density at radius 3 is 2.71 bits per heavy atom. The van der Waals surface area contributed by atoms with Gasteiger partial charge >= 0.3 is 0 Å². The van der Waals surface area contributed by atoms with E-state index in [1.165, 1.54) is 24.6 Å². The molecule has 2 aliphatic rings. The second-order valence-corrected chi connectivity index (χ2v) is 9.85. The first-order valence-electron chi connectivity index (χ1n) is 12.5. The fraction of sp³-hybridized carbons (Fsp3) is 0.556. The normalized spacial score (nSPS) is 20.1. The highest BCUT2D eigenvalue weighted by Crippen LogP contribution is 2.48. The minimum atomic E-state index is -0.811. The number of fused-ring (bicyclic) bond motifs is 1. The molecule has 184 valence electrons. The van der Waals surface area contributed by atoms with Gasteiger partial charge in [-0.1, -0.05) is 25.5 Å². The molecular weight excluding hydrogens is 433 g/mol. The number of nitrogens with one attached hydrogen (secondary N) is 2. The summed E-state index contributed by atoms with van der Waals surface area (Å²) >= 11 is 0. The van der Waals surface area contributed by atoms with Crippen LogP contribution in [0.15, 0.2) is 36.5 Å². The van der Waals surface area contributed by atoms with Gasteiger partial charge in [-0.3, -0.25) is 4.79 Å². The molecule has 4 rings (SSSR count). The highest BCUT2D eigenvalue weighted by atomic mass is 19.1. The fourth-order valence-corrected chi connectivity index (χ4v) is 4.98. The summed E-state index contributed by atoms with van der Waals surface area (Å²) in [5.41, 5.74) is 2.94. The number of aliphatic hydroxyl groups excluding tert-OH is 1. The van der Waals surface area contributed by atoms with Crippen molar-refractivity contribution >= 4 is 5.91 Å². The smallest absolute Gasteiger partial charge is 0.218 e. The Kier molecular flexibility index (Phi) is 7.84. The molecule has 0 radical (unpaired) electrons. The fourth-order valence-electron chi connectivity index (χ4n) is 4.98. The summed E-state index contributed by atoms with van der Waals surface area (Å²) in [5, 5.41) is 17.4. The topological polar surface area (TPSA) is 83.5 Å². The maximum Gasteiger partial charge on any atom is 0.218 e. The first kappa shape index (κ1) is 24.6. The van der Waals surface area contributed by atoms with E-state index < -0.39 is 12.1 Å². The van der Waals surface area contributed by atoms with Crippen LogP contribution in [-0.2, 0) is 17.6 Å². The summed E-state index contributed by atoms with van der Waals surface area (Å²) in [7, 11) is 0. The van der Waals surface area contributed by atoms with Gasteiger partial charge in [-0.05, 0) is 67.9 Å². The predicted molar refractivity (Wildman–Crippen MR) is 129 cm³/mol. The van der Waals surface area contributed by atoms with Gasteiger partial charge in [-0.25, -0.2) is 9.37 Å². The van der Waals surface area contributed by atoms with E-state index in [9.17, 15) is 14.3 Å². The van der Waals surface area contributed by atoms with Crippen LogP contribution < -0.4 is 15.4 Å². The molecule has 1 aliphatic heterocycles. The molecule has 3 N–H and O–H groups in total. The van der Waals surface area contributed by atoms with Gasteiger partial charge in [0.2, 0.25) is 11.8 Å². The predicted octanol–water partition coefficient (Wildman–Crippen LogP) is 4.01. The number of halogens is 1. The molecule has 0 bridgehead atoms. The third-order valence-corrected chi connectivity index (χ3v) is 7.08. The molecule has 0 unspecified atom stereocenters. The van der Waals surface area contributed by atoms with Crippen molar-refractivity contribution in [1.82, 2.24) is 15.6 Å². The van der Waals surface area contributed by atoms with E-state index in [1.807, 2.05) is 6.20 Å². The van der Waals surface area contributed by atoms with Gasteiger partial charge in [0.1, 0.15) is 11.4 Å². The zero-order valence-electron chi connectivity index (χ0n) is 20.1. The Hall–Kier alpha value is -2.51. The van der Waals surface area contributed by atoms with Crippen LogP contribution in [0.4, 0.5) is 4.39 Å². The van der Waals surface area contributed by atoms with E-state index in [1.54, 1.807) is 12.1 Å². The summed E-state index contributed by atoms with van der Waals surface area (Å²) in [6.07, 6.45) is 8.79. The molecule has 1 amide bonds. The molecule has 3 atom stereocenters. The average Bonchev–Trinajstić information content (AvgIpc) is 2.80. The summed E-state index contributed by atoms with van der Waals surface area (Å²) < 4.78 is 19.6. The molecule has 2 heterocycles. The minimum absolute atomic E-state index is 0.0246. The molecule has 1 aliphatic carbocycles. The van der Waals surface area contributed by atoms with E-state index in [2.05, 4.69) is 28.6 Å². The van der Waals surface area contributed by atoms with Crippen molar-refractivity contribution in [2.24, 2.45) is 0 Å². The van der Waals surface area contributed by atoms with Crippen LogP contribution in [0.2, 0.25) is 0 Å². The number of carbonyl (C=O) groups is 1. The number of hydrogen-bond donors (Lipinski definition) is 3. The number of carbonyl (C=O) groups excluding carboxylic acids is 1. The second kappa shape index (κ2) is 10.8. The van der Waals surface area contributed by atoms with Crippen LogP contribution >= 0.6 is 0 Å². The van der Waals surface area contributed by atoms with Crippen LogP contribution in [-0.4, -0.2) is 40.3 Å². The van der Waals surface area contributed by atoms with E-state index in [0.29, 0.717) is 18.8 Å². The molecule has 6 nitrogen and oxygen atoms in total. The third-order valence-electron chi connectivity index (χ3n) is 7.08. The molecule has 1 fully saturated rings. The Morgan fingerprint density at radius 1 is 1.29 bits per heavy atom. The lowest BCUT2D eigenvalue weighted by Crippen LogP contribution is -2.52. The van der Waals surface area contributed by atoms with Gasteiger partial charge < -0.3 is 20.5 Å². The largest absolute Gasteiger partial charge is 0.471 e. The maximum atomic E-state index is 13.3. The number of rotatable bonds is 10. The molecular formula is C27H36FN3O3. The first-order chi connectivity index (χ1) is 16.4. The number of ether oxygens (including phenoxy) is 1. The Bertz CT molecular complexity index is 978. The zero-order valence-corrected chi connectivity index (χ0v) is 20.1. The van der Waals surface area contributed by atoms with Crippen molar-refractivity contribution in [2.45, 2.75) is 89.0 Å². The van der Waals surface area contributed by atoms with E-state index in [-0.39, 0.29) is 23.4 Å².